The minimum atomic E-state index is -3.91. The first-order valence-corrected chi connectivity index (χ1v) is 12.4. The molecule has 3 rings (SSSR count). The van der Waals surface area contributed by atoms with Crippen molar-refractivity contribution in [2.24, 2.45) is 0 Å². The molecule has 0 saturated carbocycles. The molecule has 0 fully saturated rings. The summed E-state index contributed by atoms with van der Waals surface area (Å²) >= 11 is 9.39. The largest absolute Gasteiger partial charge is 0.497 e. The van der Waals surface area contributed by atoms with Crippen LogP contribution in [0.3, 0.4) is 0 Å². The Morgan fingerprint density at radius 1 is 1.00 bits per heavy atom. The van der Waals surface area contributed by atoms with E-state index in [9.17, 15) is 13.2 Å². The second-order valence-corrected chi connectivity index (χ2v) is 9.96. The lowest BCUT2D eigenvalue weighted by atomic mass is 10.1. The molecule has 10 heteroatoms. The van der Waals surface area contributed by atoms with Crippen molar-refractivity contribution in [3.8, 4) is 11.5 Å². The van der Waals surface area contributed by atoms with Gasteiger partial charge in [0.15, 0.2) is 0 Å². The predicted octanol–water partition coefficient (Wildman–Crippen LogP) is 4.78. The number of nitrogens with one attached hydrogen (secondary N) is 2. The van der Waals surface area contributed by atoms with Gasteiger partial charge in [-0.3, -0.25) is 4.79 Å². The normalized spacial score (nSPS) is 11.2. The van der Waals surface area contributed by atoms with Gasteiger partial charge in [-0.05, 0) is 51.8 Å². The number of methoxy groups -OCH3 is 2. The topological polar surface area (TPSA) is 93.7 Å². The van der Waals surface area contributed by atoms with Crippen molar-refractivity contribution in [3.05, 3.63) is 81.3 Å². The van der Waals surface area contributed by atoms with Gasteiger partial charge in [-0.15, -0.1) is 0 Å². The second-order valence-electron chi connectivity index (χ2n) is 6.96. The third-order valence-electron chi connectivity index (χ3n) is 4.76. The molecule has 7 nitrogen and oxygen atoms in total. The van der Waals surface area contributed by atoms with Crippen molar-refractivity contribution in [1.29, 1.82) is 0 Å². The number of hydrogen-bond donors (Lipinski definition) is 2. The van der Waals surface area contributed by atoms with Crippen molar-refractivity contribution in [1.82, 2.24) is 4.72 Å². The van der Waals surface area contributed by atoms with E-state index in [-0.39, 0.29) is 23.8 Å². The van der Waals surface area contributed by atoms with E-state index in [1.54, 1.807) is 54.6 Å². The highest BCUT2D eigenvalue weighted by Crippen LogP contribution is 2.28. The lowest BCUT2D eigenvalue weighted by Gasteiger charge is -2.13. The zero-order valence-corrected chi connectivity index (χ0v) is 21.1. The molecule has 0 bridgehead atoms. The molecular weight excluding hydrogens is 532 g/mol. The van der Waals surface area contributed by atoms with E-state index in [4.69, 9.17) is 21.1 Å². The minimum absolute atomic E-state index is 0.00499. The highest BCUT2D eigenvalue weighted by molar-refractivity contribution is 9.10. The number of halogens is 2. The van der Waals surface area contributed by atoms with Crippen LogP contribution in [0.15, 0.2) is 70.0 Å². The fourth-order valence-corrected chi connectivity index (χ4v) is 5.25. The maximum Gasteiger partial charge on any atom is 0.242 e. The summed E-state index contributed by atoms with van der Waals surface area (Å²) in [4.78, 5) is 12.4. The van der Waals surface area contributed by atoms with Gasteiger partial charge in [0.2, 0.25) is 15.9 Å². The average molecular weight is 554 g/mol. The van der Waals surface area contributed by atoms with Gasteiger partial charge in [0.25, 0.3) is 0 Å². The third kappa shape index (κ3) is 6.48. The molecule has 33 heavy (non-hydrogen) atoms. The minimum Gasteiger partial charge on any atom is -0.497 e. The molecule has 0 aromatic heterocycles. The van der Waals surface area contributed by atoms with E-state index in [0.717, 1.165) is 0 Å². The highest BCUT2D eigenvalue weighted by atomic mass is 79.9. The molecule has 2 N–H and O–H groups in total. The maximum absolute atomic E-state index is 13.0. The highest BCUT2D eigenvalue weighted by Gasteiger charge is 2.20. The molecule has 0 saturated heterocycles. The maximum atomic E-state index is 13.0. The Balaban J connectivity index is 1.75. The lowest BCUT2D eigenvalue weighted by molar-refractivity contribution is -0.115. The van der Waals surface area contributed by atoms with Crippen molar-refractivity contribution >= 4 is 49.1 Å². The van der Waals surface area contributed by atoms with Crippen molar-refractivity contribution in [2.75, 3.05) is 19.5 Å². The summed E-state index contributed by atoms with van der Waals surface area (Å²) in [6.07, 6.45) is 0.0628. The molecule has 0 spiro atoms. The van der Waals surface area contributed by atoms with Crippen molar-refractivity contribution in [2.45, 2.75) is 17.9 Å². The van der Waals surface area contributed by atoms with Crippen LogP contribution in [0.1, 0.15) is 11.1 Å². The molecule has 0 unspecified atom stereocenters. The molecule has 174 valence electrons. The predicted molar refractivity (Wildman–Crippen MR) is 131 cm³/mol. The van der Waals surface area contributed by atoms with Gasteiger partial charge in [0.05, 0.1) is 25.5 Å². The average Bonchev–Trinajstić information content (AvgIpc) is 2.80. The Morgan fingerprint density at radius 2 is 1.76 bits per heavy atom. The fourth-order valence-electron chi connectivity index (χ4n) is 3.06. The van der Waals surface area contributed by atoms with Gasteiger partial charge < -0.3 is 14.8 Å². The fraction of sp³-hybridized carbons (Fsp3) is 0.174. The number of rotatable bonds is 9. The summed E-state index contributed by atoms with van der Waals surface area (Å²) in [5, 5.41) is 3.21. The van der Waals surface area contributed by atoms with Gasteiger partial charge in [0, 0.05) is 33.4 Å². The zero-order chi connectivity index (χ0) is 24.0. The van der Waals surface area contributed by atoms with Gasteiger partial charge in [-0.25, -0.2) is 13.1 Å². The molecule has 0 aliphatic rings. The SMILES string of the molecule is COc1ccc(CNS(=O)(=O)c2cc(NC(=O)Cc3ccccc3Cl)ccc2Br)c(OC)c1. The van der Waals surface area contributed by atoms with E-state index < -0.39 is 10.0 Å². The number of ether oxygens (including phenoxy) is 2. The Labute approximate surface area is 206 Å². The molecule has 0 aliphatic carbocycles. The van der Waals surface area contributed by atoms with Crippen LogP contribution < -0.4 is 19.5 Å². The van der Waals surface area contributed by atoms with Crippen LogP contribution >= 0.6 is 27.5 Å². The molecular formula is C23H22BrClN2O5S. The Bertz CT molecular complexity index is 1270. The number of hydrogen-bond acceptors (Lipinski definition) is 5. The molecule has 3 aromatic carbocycles. The van der Waals surface area contributed by atoms with Gasteiger partial charge in [0.1, 0.15) is 11.5 Å². The number of carbonyl (C=O) groups excluding carboxylic acids is 1. The third-order valence-corrected chi connectivity index (χ3v) is 7.52. The number of benzene rings is 3. The molecule has 3 aromatic rings. The summed E-state index contributed by atoms with van der Waals surface area (Å²) in [7, 11) is -0.875. The summed E-state index contributed by atoms with van der Waals surface area (Å²) in [6.45, 7) is 0.00499. The first-order chi connectivity index (χ1) is 15.7. The van der Waals surface area contributed by atoms with Gasteiger partial charge in [-0.1, -0.05) is 35.9 Å². The molecule has 0 atom stereocenters. The first-order valence-electron chi connectivity index (χ1n) is 9.77. The van der Waals surface area contributed by atoms with Gasteiger partial charge >= 0.3 is 0 Å². The molecule has 0 aliphatic heterocycles. The van der Waals surface area contributed by atoms with Gasteiger partial charge in [-0.2, -0.15) is 0 Å². The van der Waals surface area contributed by atoms with Crippen LogP contribution in [0.4, 0.5) is 5.69 Å². The smallest absolute Gasteiger partial charge is 0.242 e. The number of sulfonamides is 1. The van der Waals surface area contributed by atoms with Crippen molar-refractivity contribution < 1.29 is 22.7 Å². The quantitative estimate of drug-likeness (QED) is 0.398. The van der Waals surface area contributed by atoms with Crippen LogP contribution in [-0.2, 0) is 27.8 Å². The summed E-state index contributed by atoms with van der Waals surface area (Å²) in [5.41, 5.74) is 1.66. The molecule has 1 amide bonds. The van der Waals surface area contributed by atoms with E-state index in [1.807, 2.05) is 0 Å². The standard InChI is InChI=1S/C23H22BrClN2O5S/c1-31-18-9-7-16(21(13-18)32-2)14-26-33(29,30)22-12-17(8-10-19(22)24)27-23(28)11-15-5-3-4-6-20(15)25/h3-10,12-13,26H,11,14H2,1-2H3,(H,27,28). The number of carbonyl (C=O) groups is 1. The van der Waals surface area contributed by atoms with E-state index in [0.29, 0.717) is 37.8 Å². The Morgan fingerprint density at radius 3 is 2.45 bits per heavy atom. The summed E-state index contributed by atoms with van der Waals surface area (Å²) in [5.74, 6) is 0.780. The van der Waals surface area contributed by atoms with Crippen molar-refractivity contribution in [3.63, 3.8) is 0 Å². The van der Waals surface area contributed by atoms with Crippen LogP contribution in [0.2, 0.25) is 5.02 Å². The lowest BCUT2D eigenvalue weighted by Crippen LogP contribution is -2.24. The Kier molecular flexibility index (Phi) is 8.36. The number of anilines is 1. The Hall–Kier alpha value is -2.59. The zero-order valence-electron chi connectivity index (χ0n) is 17.9. The van der Waals surface area contributed by atoms with Crippen LogP contribution in [-0.4, -0.2) is 28.5 Å². The number of amides is 1. The van der Waals surface area contributed by atoms with Crippen LogP contribution in [0, 0.1) is 0 Å². The summed E-state index contributed by atoms with van der Waals surface area (Å²) in [6, 6.07) is 16.7. The summed E-state index contributed by atoms with van der Waals surface area (Å²) < 4.78 is 39.4. The van der Waals surface area contributed by atoms with E-state index in [2.05, 4.69) is 26.0 Å². The molecule has 0 heterocycles. The molecule has 0 radical (unpaired) electrons. The van der Waals surface area contributed by atoms with Crippen LogP contribution in [0.5, 0.6) is 11.5 Å². The second kappa shape index (κ2) is 11.0. The van der Waals surface area contributed by atoms with E-state index >= 15 is 0 Å². The van der Waals surface area contributed by atoms with E-state index in [1.165, 1.54) is 20.3 Å². The monoisotopic (exact) mass is 552 g/mol. The van der Waals surface area contributed by atoms with Crippen LogP contribution in [0.25, 0.3) is 0 Å². The first kappa shape index (κ1) is 25.0.